The van der Waals surface area contributed by atoms with Crippen molar-refractivity contribution in [3.63, 3.8) is 0 Å². The summed E-state index contributed by atoms with van der Waals surface area (Å²) in [4.78, 5) is 14.0. The van der Waals surface area contributed by atoms with Gasteiger partial charge >= 0.3 is 0 Å². The molecule has 2 unspecified atom stereocenters. The zero-order chi connectivity index (χ0) is 16.7. The first kappa shape index (κ1) is 16.2. The molecule has 2 bridgehead atoms. The SMILES string of the molecule is CC(C)c1noc(CN2CC3CC2CN3Cc2ccc(Br)cn2)n1. The molecule has 2 aromatic heterocycles. The molecule has 6 nitrogen and oxygen atoms in total. The van der Waals surface area contributed by atoms with Crippen molar-refractivity contribution in [3.05, 3.63) is 40.2 Å². The van der Waals surface area contributed by atoms with E-state index < -0.39 is 0 Å². The molecule has 0 spiro atoms. The monoisotopic (exact) mass is 391 g/mol. The van der Waals surface area contributed by atoms with Crippen LogP contribution in [-0.4, -0.2) is 50.1 Å². The van der Waals surface area contributed by atoms with Crippen LogP contribution in [0.2, 0.25) is 0 Å². The highest BCUT2D eigenvalue weighted by molar-refractivity contribution is 9.10. The van der Waals surface area contributed by atoms with E-state index in [2.05, 4.69) is 66.8 Å². The summed E-state index contributed by atoms with van der Waals surface area (Å²) in [6.45, 7) is 8.03. The third-order valence-corrected chi connectivity index (χ3v) is 5.43. The molecular weight excluding hydrogens is 370 g/mol. The molecule has 0 saturated carbocycles. The predicted octanol–water partition coefficient (Wildman–Crippen LogP) is 2.81. The van der Waals surface area contributed by atoms with E-state index in [0.717, 1.165) is 48.1 Å². The first-order valence-electron chi connectivity index (χ1n) is 8.49. The summed E-state index contributed by atoms with van der Waals surface area (Å²) >= 11 is 3.44. The second-order valence-electron chi connectivity index (χ2n) is 7.07. The fourth-order valence-corrected chi connectivity index (χ4v) is 3.90. The van der Waals surface area contributed by atoms with Crippen molar-refractivity contribution in [1.82, 2.24) is 24.9 Å². The van der Waals surface area contributed by atoms with Crippen LogP contribution in [0.5, 0.6) is 0 Å². The second-order valence-corrected chi connectivity index (χ2v) is 7.99. The maximum absolute atomic E-state index is 5.40. The van der Waals surface area contributed by atoms with Crippen LogP contribution in [0.15, 0.2) is 27.3 Å². The van der Waals surface area contributed by atoms with Gasteiger partial charge in [0.2, 0.25) is 5.89 Å². The Hall–Kier alpha value is -1.31. The summed E-state index contributed by atoms with van der Waals surface area (Å²) in [6.07, 6.45) is 3.10. The Balaban J connectivity index is 1.34. The van der Waals surface area contributed by atoms with Crippen molar-refractivity contribution in [2.45, 2.75) is 51.4 Å². The van der Waals surface area contributed by atoms with Crippen LogP contribution >= 0.6 is 15.9 Å². The molecule has 4 heterocycles. The highest BCUT2D eigenvalue weighted by Gasteiger charge is 2.43. The lowest BCUT2D eigenvalue weighted by Gasteiger charge is -2.33. The number of nitrogens with zero attached hydrogens (tertiary/aromatic N) is 5. The van der Waals surface area contributed by atoms with Gasteiger partial charge < -0.3 is 4.52 Å². The van der Waals surface area contributed by atoms with Crippen LogP contribution in [0, 0.1) is 0 Å². The molecule has 4 rings (SSSR count). The van der Waals surface area contributed by atoms with Gasteiger partial charge in [0.1, 0.15) is 0 Å². The molecule has 2 fully saturated rings. The molecule has 2 aromatic rings. The first-order chi connectivity index (χ1) is 11.6. The minimum absolute atomic E-state index is 0.312. The zero-order valence-corrected chi connectivity index (χ0v) is 15.6. The lowest BCUT2D eigenvalue weighted by molar-refractivity contribution is 0.107. The van der Waals surface area contributed by atoms with Gasteiger partial charge in [-0.2, -0.15) is 4.98 Å². The van der Waals surface area contributed by atoms with Gasteiger partial charge in [-0.05, 0) is 34.5 Å². The topological polar surface area (TPSA) is 58.3 Å². The van der Waals surface area contributed by atoms with E-state index in [1.165, 1.54) is 6.42 Å². The lowest BCUT2D eigenvalue weighted by atomic mass is 10.2. The third kappa shape index (κ3) is 3.25. The maximum Gasteiger partial charge on any atom is 0.240 e. The largest absolute Gasteiger partial charge is 0.338 e. The normalized spacial score (nSPS) is 24.3. The molecule has 24 heavy (non-hydrogen) atoms. The summed E-state index contributed by atoms with van der Waals surface area (Å²) in [5.74, 6) is 1.86. The van der Waals surface area contributed by atoms with Crippen LogP contribution in [0.25, 0.3) is 0 Å². The van der Waals surface area contributed by atoms with E-state index in [4.69, 9.17) is 4.52 Å². The molecule has 2 aliphatic rings. The number of fused-ring (bicyclic) bond motifs is 2. The minimum Gasteiger partial charge on any atom is -0.338 e. The van der Waals surface area contributed by atoms with Crippen LogP contribution in [0.4, 0.5) is 0 Å². The molecule has 0 radical (unpaired) electrons. The molecule has 0 N–H and O–H groups in total. The Bertz CT molecular complexity index is 701. The molecule has 0 aliphatic carbocycles. The Labute approximate surface area is 150 Å². The van der Waals surface area contributed by atoms with Crippen molar-refractivity contribution in [2.75, 3.05) is 13.1 Å². The first-order valence-corrected chi connectivity index (χ1v) is 9.29. The van der Waals surface area contributed by atoms with Crippen LogP contribution < -0.4 is 0 Å². The molecule has 2 saturated heterocycles. The van der Waals surface area contributed by atoms with Gasteiger partial charge in [0.05, 0.1) is 12.2 Å². The molecular formula is C17H22BrN5O. The minimum atomic E-state index is 0.312. The number of halogens is 1. The van der Waals surface area contributed by atoms with E-state index in [-0.39, 0.29) is 0 Å². The van der Waals surface area contributed by atoms with E-state index in [1.807, 2.05) is 6.20 Å². The summed E-state index contributed by atoms with van der Waals surface area (Å²) in [6, 6.07) is 5.35. The van der Waals surface area contributed by atoms with Gasteiger partial charge in [-0.3, -0.25) is 14.8 Å². The second kappa shape index (κ2) is 6.54. The Kier molecular flexibility index (Phi) is 4.40. The van der Waals surface area contributed by atoms with Gasteiger partial charge in [-0.25, -0.2) is 0 Å². The van der Waals surface area contributed by atoms with Gasteiger partial charge in [0, 0.05) is 48.3 Å². The van der Waals surface area contributed by atoms with Crippen molar-refractivity contribution in [2.24, 2.45) is 0 Å². The zero-order valence-electron chi connectivity index (χ0n) is 14.0. The molecule has 2 atom stereocenters. The highest BCUT2D eigenvalue weighted by Crippen LogP contribution is 2.32. The van der Waals surface area contributed by atoms with Crippen molar-refractivity contribution in [1.29, 1.82) is 0 Å². The summed E-state index contributed by atoms with van der Waals surface area (Å²) in [5, 5.41) is 4.06. The number of pyridine rings is 1. The van der Waals surface area contributed by atoms with Crippen molar-refractivity contribution >= 4 is 15.9 Å². The molecule has 0 amide bonds. The Morgan fingerprint density at radius 2 is 1.96 bits per heavy atom. The number of aromatic nitrogens is 3. The van der Waals surface area contributed by atoms with Crippen LogP contribution in [0.3, 0.4) is 0 Å². The van der Waals surface area contributed by atoms with E-state index in [0.29, 0.717) is 18.0 Å². The molecule has 2 aliphatic heterocycles. The number of rotatable bonds is 5. The smallest absolute Gasteiger partial charge is 0.240 e. The quantitative estimate of drug-likeness (QED) is 0.780. The summed E-state index contributed by atoms with van der Waals surface area (Å²) < 4.78 is 6.43. The van der Waals surface area contributed by atoms with Gasteiger partial charge in [-0.15, -0.1) is 0 Å². The highest BCUT2D eigenvalue weighted by atomic mass is 79.9. The summed E-state index contributed by atoms with van der Waals surface area (Å²) in [5.41, 5.74) is 1.13. The molecule has 7 heteroatoms. The average Bonchev–Trinajstić information content (AvgIpc) is 3.25. The maximum atomic E-state index is 5.40. The van der Waals surface area contributed by atoms with Crippen molar-refractivity contribution < 1.29 is 4.52 Å². The number of piperazine rings is 1. The Morgan fingerprint density at radius 3 is 2.54 bits per heavy atom. The molecule has 128 valence electrons. The van der Waals surface area contributed by atoms with E-state index >= 15 is 0 Å². The number of hydrogen-bond donors (Lipinski definition) is 0. The van der Waals surface area contributed by atoms with Gasteiger partial charge in [0.25, 0.3) is 0 Å². The summed E-state index contributed by atoms with van der Waals surface area (Å²) in [7, 11) is 0. The van der Waals surface area contributed by atoms with Crippen LogP contribution in [-0.2, 0) is 13.1 Å². The molecule has 0 aromatic carbocycles. The standard InChI is InChI=1S/C17H22BrN5O/c1-11(2)17-20-16(24-21-17)10-23-9-14-5-15(23)8-22(14)7-13-4-3-12(18)6-19-13/h3-4,6,11,14-15H,5,7-10H2,1-2H3. The van der Waals surface area contributed by atoms with Crippen LogP contribution in [0.1, 0.15) is 43.6 Å². The van der Waals surface area contributed by atoms with E-state index in [9.17, 15) is 0 Å². The van der Waals surface area contributed by atoms with Gasteiger partial charge in [-0.1, -0.05) is 19.0 Å². The lowest BCUT2D eigenvalue weighted by Crippen LogP contribution is -2.45. The average molecular weight is 392 g/mol. The predicted molar refractivity (Wildman–Crippen MR) is 93.3 cm³/mol. The Morgan fingerprint density at radius 1 is 1.21 bits per heavy atom. The number of hydrogen-bond acceptors (Lipinski definition) is 6. The van der Waals surface area contributed by atoms with E-state index in [1.54, 1.807) is 0 Å². The number of likely N-dealkylation sites (tertiary alicyclic amines) is 2. The fraction of sp³-hybridized carbons (Fsp3) is 0.588. The third-order valence-electron chi connectivity index (χ3n) is 4.96. The fourth-order valence-electron chi connectivity index (χ4n) is 3.67. The van der Waals surface area contributed by atoms with Crippen molar-refractivity contribution in [3.8, 4) is 0 Å². The van der Waals surface area contributed by atoms with Gasteiger partial charge in [0.15, 0.2) is 5.82 Å².